The minimum atomic E-state index is -3.60. The average molecular weight is 450 g/mol. The molecule has 2 aliphatic rings. The normalized spacial score (nSPS) is 18.6. The molecule has 0 atom stereocenters. The lowest BCUT2D eigenvalue weighted by atomic mass is 10.1. The highest BCUT2D eigenvalue weighted by atomic mass is 32.2. The molecule has 0 N–H and O–H groups in total. The molecular weight excluding hydrogens is 422 g/mol. The van der Waals surface area contributed by atoms with Crippen molar-refractivity contribution < 1.29 is 17.9 Å². The van der Waals surface area contributed by atoms with Crippen LogP contribution in [0.25, 0.3) is 0 Å². The zero-order valence-electron chi connectivity index (χ0n) is 17.3. The van der Waals surface area contributed by atoms with Gasteiger partial charge in [0.05, 0.1) is 18.8 Å². The SMILES string of the molecule is Cc1cccc(N2CCN(S(=O)(=O)c3cc(C(=O)N4CCOCC4)cs3)CC2)c1C. The first kappa shape index (κ1) is 21.3. The molecule has 2 aliphatic heterocycles. The van der Waals surface area contributed by atoms with Crippen molar-refractivity contribution >= 4 is 33.0 Å². The van der Waals surface area contributed by atoms with Crippen LogP contribution in [0.2, 0.25) is 0 Å². The van der Waals surface area contributed by atoms with Gasteiger partial charge in [0, 0.05) is 50.3 Å². The number of carbonyl (C=O) groups excluding carboxylic acids is 1. The van der Waals surface area contributed by atoms with Crippen LogP contribution < -0.4 is 4.90 Å². The van der Waals surface area contributed by atoms with Gasteiger partial charge in [-0.1, -0.05) is 12.1 Å². The Bertz CT molecular complexity index is 1020. The number of carbonyl (C=O) groups is 1. The first-order chi connectivity index (χ1) is 14.4. The summed E-state index contributed by atoms with van der Waals surface area (Å²) < 4.78 is 33.3. The van der Waals surface area contributed by atoms with Crippen LogP contribution in [0, 0.1) is 13.8 Å². The molecule has 0 aliphatic carbocycles. The van der Waals surface area contributed by atoms with E-state index >= 15 is 0 Å². The highest BCUT2D eigenvalue weighted by molar-refractivity contribution is 7.91. The molecule has 0 unspecified atom stereocenters. The van der Waals surface area contributed by atoms with Gasteiger partial charge in [0.15, 0.2) is 0 Å². The van der Waals surface area contributed by atoms with Gasteiger partial charge in [0.2, 0.25) is 0 Å². The number of ether oxygens (including phenoxy) is 1. The van der Waals surface area contributed by atoms with E-state index in [0.29, 0.717) is 58.0 Å². The largest absolute Gasteiger partial charge is 0.378 e. The number of anilines is 1. The topological polar surface area (TPSA) is 70.2 Å². The van der Waals surface area contributed by atoms with Crippen LogP contribution in [-0.4, -0.2) is 76.0 Å². The molecule has 0 saturated carbocycles. The summed E-state index contributed by atoms with van der Waals surface area (Å²) in [7, 11) is -3.60. The molecule has 3 heterocycles. The summed E-state index contributed by atoms with van der Waals surface area (Å²) in [5, 5.41) is 1.65. The van der Waals surface area contributed by atoms with Gasteiger partial charge in [-0.3, -0.25) is 4.79 Å². The number of thiophene rings is 1. The molecule has 1 aromatic heterocycles. The Morgan fingerprint density at radius 2 is 1.73 bits per heavy atom. The molecule has 30 heavy (non-hydrogen) atoms. The third-order valence-electron chi connectivity index (χ3n) is 5.87. The number of benzene rings is 1. The molecule has 2 aromatic rings. The number of hydrogen-bond donors (Lipinski definition) is 0. The maximum absolute atomic E-state index is 13.1. The van der Waals surface area contributed by atoms with Crippen molar-refractivity contribution in [3.05, 3.63) is 46.3 Å². The summed E-state index contributed by atoms with van der Waals surface area (Å²) in [5.74, 6) is -0.129. The van der Waals surface area contributed by atoms with Crippen molar-refractivity contribution in [2.45, 2.75) is 18.1 Å². The number of amides is 1. The predicted molar refractivity (Wildman–Crippen MR) is 118 cm³/mol. The van der Waals surface area contributed by atoms with E-state index in [4.69, 9.17) is 4.74 Å². The molecule has 7 nitrogen and oxygen atoms in total. The Morgan fingerprint density at radius 3 is 2.43 bits per heavy atom. The Hall–Kier alpha value is -1.94. The lowest BCUT2D eigenvalue weighted by Gasteiger charge is -2.36. The summed E-state index contributed by atoms with van der Waals surface area (Å²) in [4.78, 5) is 16.6. The Labute approximate surface area is 181 Å². The fourth-order valence-electron chi connectivity index (χ4n) is 3.89. The number of sulfonamides is 1. The first-order valence-electron chi connectivity index (χ1n) is 10.1. The zero-order valence-corrected chi connectivity index (χ0v) is 19.0. The summed E-state index contributed by atoms with van der Waals surface area (Å²) in [6.07, 6.45) is 0. The summed E-state index contributed by atoms with van der Waals surface area (Å²) in [6, 6.07) is 7.75. The van der Waals surface area contributed by atoms with Crippen molar-refractivity contribution in [2.75, 3.05) is 57.4 Å². The quantitative estimate of drug-likeness (QED) is 0.717. The molecule has 0 radical (unpaired) electrons. The van der Waals surface area contributed by atoms with Gasteiger partial charge in [-0.05, 0) is 37.1 Å². The van der Waals surface area contributed by atoms with E-state index in [9.17, 15) is 13.2 Å². The van der Waals surface area contributed by atoms with Crippen molar-refractivity contribution in [1.82, 2.24) is 9.21 Å². The van der Waals surface area contributed by atoms with Gasteiger partial charge in [0.25, 0.3) is 15.9 Å². The fourth-order valence-corrected chi connectivity index (χ4v) is 6.62. The van der Waals surface area contributed by atoms with Crippen molar-refractivity contribution in [2.24, 2.45) is 0 Å². The maximum atomic E-state index is 13.1. The second kappa shape index (κ2) is 8.66. The van der Waals surface area contributed by atoms with Crippen LogP contribution in [0.15, 0.2) is 33.9 Å². The van der Waals surface area contributed by atoms with Gasteiger partial charge in [-0.15, -0.1) is 11.3 Å². The lowest BCUT2D eigenvalue weighted by Crippen LogP contribution is -2.48. The predicted octanol–water partition coefficient (Wildman–Crippen LogP) is 2.35. The number of rotatable bonds is 4. The number of piperazine rings is 1. The van der Waals surface area contributed by atoms with E-state index in [0.717, 1.165) is 11.3 Å². The number of hydrogen-bond acceptors (Lipinski definition) is 6. The van der Waals surface area contributed by atoms with Gasteiger partial charge in [0.1, 0.15) is 4.21 Å². The maximum Gasteiger partial charge on any atom is 0.254 e. The van der Waals surface area contributed by atoms with E-state index in [1.807, 2.05) is 6.07 Å². The highest BCUT2D eigenvalue weighted by Crippen LogP contribution is 2.28. The van der Waals surface area contributed by atoms with Gasteiger partial charge in [-0.2, -0.15) is 4.31 Å². The molecule has 9 heteroatoms. The molecule has 2 saturated heterocycles. The molecular formula is C21H27N3O4S2. The number of morpholine rings is 1. The summed E-state index contributed by atoms with van der Waals surface area (Å²) in [6.45, 7) is 8.47. The third-order valence-corrected chi connectivity index (χ3v) is 9.18. The van der Waals surface area contributed by atoms with Crippen molar-refractivity contribution in [3.63, 3.8) is 0 Å². The summed E-state index contributed by atoms with van der Waals surface area (Å²) in [5.41, 5.74) is 4.08. The van der Waals surface area contributed by atoms with Crippen LogP contribution in [0.4, 0.5) is 5.69 Å². The van der Waals surface area contributed by atoms with Crippen molar-refractivity contribution in [3.8, 4) is 0 Å². The van der Waals surface area contributed by atoms with Crippen LogP contribution in [0.1, 0.15) is 21.5 Å². The van der Waals surface area contributed by atoms with E-state index in [1.165, 1.54) is 27.2 Å². The molecule has 162 valence electrons. The van der Waals surface area contributed by atoms with E-state index in [2.05, 4.69) is 30.9 Å². The second-order valence-electron chi connectivity index (χ2n) is 7.67. The third kappa shape index (κ3) is 4.12. The lowest BCUT2D eigenvalue weighted by molar-refractivity contribution is 0.0303. The molecule has 2 fully saturated rings. The highest BCUT2D eigenvalue weighted by Gasteiger charge is 2.31. The van der Waals surface area contributed by atoms with E-state index in [-0.39, 0.29) is 10.1 Å². The molecule has 4 rings (SSSR count). The monoisotopic (exact) mass is 449 g/mol. The fraction of sp³-hybridized carbons (Fsp3) is 0.476. The molecule has 1 aromatic carbocycles. The van der Waals surface area contributed by atoms with Crippen LogP contribution in [-0.2, 0) is 14.8 Å². The average Bonchev–Trinajstić information content (AvgIpc) is 3.27. The smallest absolute Gasteiger partial charge is 0.254 e. The van der Waals surface area contributed by atoms with E-state index < -0.39 is 10.0 Å². The van der Waals surface area contributed by atoms with Gasteiger partial charge in [-0.25, -0.2) is 8.42 Å². The van der Waals surface area contributed by atoms with Crippen LogP contribution >= 0.6 is 11.3 Å². The van der Waals surface area contributed by atoms with Gasteiger partial charge >= 0.3 is 0 Å². The minimum Gasteiger partial charge on any atom is -0.378 e. The second-order valence-corrected chi connectivity index (χ2v) is 10.7. The van der Waals surface area contributed by atoms with E-state index in [1.54, 1.807) is 10.3 Å². The zero-order chi connectivity index (χ0) is 21.3. The van der Waals surface area contributed by atoms with Crippen molar-refractivity contribution in [1.29, 1.82) is 0 Å². The molecule has 1 amide bonds. The molecule has 0 spiro atoms. The standard InChI is InChI=1S/C21H27N3O4S2/c1-16-4-3-5-19(17(16)2)22-6-8-24(9-7-22)30(26,27)20-14-18(15-29-20)21(25)23-10-12-28-13-11-23/h3-5,14-15H,6-13H2,1-2H3. The number of nitrogens with zero attached hydrogens (tertiary/aromatic N) is 3. The van der Waals surface area contributed by atoms with Crippen LogP contribution in [0.3, 0.4) is 0 Å². The summed E-state index contributed by atoms with van der Waals surface area (Å²) >= 11 is 1.12. The Balaban J connectivity index is 1.44. The first-order valence-corrected chi connectivity index (χ1v) is 12.5. The Kier molecular flexibility index (Phi) is 6.15. The Morgan fingerprint density at radius 1 is 1.03 bits per heavy atom. The number of aryl methyl sites for hydroxylation is 1. The van der Waals surface area contributed by atoms with Crippen LogP contribution in [0.5, 0.6) is 0 Å². The minimum absolute atomic E-state index is 0.129. The van der Waals surface area contributed by atoms with Gasteiger partial charge < -0.3 is 14.5 Å². The molecule has 0 bridgehead atoms.